The summed E-state index contributed by atoms with van der Waals surface area (Å²) in [5.74, 6) is 0.962. The summed E-state index contributed by atoms with van der Waals surface area (Å²) >= 11 is 0. The molecule has 1 aromatic heterocycles. The van der Waals surface area contributed by atoms with Gasteiger partial charge < -0.3 is 9.84 Å². The third-order valence-electron chi connectivity index (χ3n) is 3.76. The highest BCUT2D eigenvalue weighted by Crippen LogP contribution is 2.23. The molecule has 5 heteroatoms. The zero-order chi connectivity index (χ0) is 15.6. The highest BCUT2D eigenvalue weighted by atomic mass is 16.5. The van der Waals surface area contributed by atoms with E-state index < -0.39 is 0 Å². The number of hydrogen-bond acceptors (Lipinski definition) is 4. The summed E-state index contributed by atoms with van der Waals surface area (Å²) in [6.45, 7) is 0. The van der Waals surface area contributed by atoms with Crippen LogP contribution in [0.3, 0.4) is 0 Å². The Hall–Kier alpha value is -2.95. The van der Waals surface area contributed by atoms with Crippen LogP contribution in [0.5, 0.6) is 0 Å². The van der Waals surface area contributed by atoms with E-state index in [0.717, 1.165) is 24.0 Å². The number of carbonyl (C=O) groups excluding carboxylic acids is 1. The lowest BCUT2D eigenvalue weighted by atomic mass is 10.1. The molecule has 1 saturated carbocycles. The van der Waals surface area contributed by atoms with Gasteiger partial charge in [-0.15, -0.1) is 0 Å². The standard InChI is InChI=1S/C18H15N3O2/c22-17(19-15-10-11-15)13-6-8-14(9-7-13)18-20-16(21-23-18)12-4-2-1-3-5-12/h1-9,15H,10-11H2,(H,19,22). The maximum absolute atomic E-state index is 12.0. The molecule has 0 radical (unpaired) electrons. The fourth-order valence-corrected chi connectivity index (χ4v) is 2.31. The van der Waals surface area contributed by atoms with Crippen LogP contribution in [0.1, 0.15) is 23.2 Å². The van der Waals surface area contributed by atoms with Crippen LogP contribution < -0.4 is 5.32 Å². The summed E-state index contributed by atoms with van der Waals surface area (Å²) in [6.07, 6.45) is 2.15. The minimum atomic E-state index is -0.0328. The van der Waals surface area contributed by atoms with Gasteiger partial charge in [-0.2, -0.15) is 4.98 Å². The number of aromatic nitrogens is 2. The average molecular weight is 305 g/mol. The normalized spacial score (nSPS) is 13.7. The van der Waals surface area contributed by atoms with Crippen molar-refractivity contribution in [2.75, 3.05) is 0 Å². The number of nitrogens with zero attached hydrogens (tertiary/aromatic N) is 2. The quantitative estimate of drug-likeness (QED) is 0.803. The highest BCUT2D eigenvalue weighted by molar-refractivity contribution is 5.94. The SMILES string of the molecule is O=C(NC1CC1)c1ccc(-c2nc(-c3ccccc3)no2)cc1. The summed E-state index contributed by atoms with van der Waals surface area (Å²) < 4.78 is 5.32. The Labute approximate surface area is 133 Å². The Morgan fingerprint density at radius 3 is 2.43 bits per heavy atom. The largest absolute Gasteiger partial charge is 0.349 e. The van der Waals surface area contributed by atoms with Gasteiger partial charge >= 0.3 is 0 Å². The molecule has 1 aliphatic carbocycles. The maximum atomic E-state index is 12.0. The van der Waals surface area contributed by atoms with Crippen LogP contribution in [0.4, 0.5) is 0 Å². The van der Waals surface area contributed by atoms with Gasteiger partial charge in [0.25, 0.3) is 11.8 Å². The Kier molecular flexibility index (Phi) is 3.38. The van der Waals surface area contributed by atoms with Crippen LogP contribution in [-0.2, 0) is 0 Å². The number of carbonyl (C=O) groups is 1. The van der Waals surface area contributed by atoms with E-state index in [9.17, 15) is 4.79 Å². The molecular formula is C18H15N3O2. The van der Waals surface area contributed by atoms with Crippen molar-refractivity contribution in [3.8, 4) is 22.8 Å². The van der Waals surface area contributed by atoms with Gasteiger partial charge in [0.15, 0.2) is 0 Å². The van der Waals surface area contributed by atoms with E-state index >= 15 is 0 Å². The lowest BCUT2D eigenvalue weighted by molar-refractivity contribution is 0.0951. The second-order valence-electron chi connectivity index (χ2n) is 5.61. The molecule has 0 saturated heterocycles. The molecule has 4 rings (SSSR count). The number of benzene rings is 2. The minimum Gasteiger partial charge on any atom is -0.349 e. The first-order valence-corrected chi connectivity index (χ1v) is 7.60. The van der Waals surface area contributed by atoms with Crippen molar-refractivity contribution in [3.05, 3.63) is 60.2 Å². The second-order valence-corrected chi connectivity index (χ2v) is 5.61. The summed E-state index contributed by atoms with van der Waals surface area (Å²) in [6, 6.07) is 17.2. The molecule has 1 aliphatic rings. The van der Waals surface area contributed by atoms with E-state index in [1.165, 1.54) is 0 Å². The van der Waals surface area contributed by atoms with Crippen LogP contribution in [-0.4, -0.2) is 22.1 Å². The predicted octanol–water partition coefficient (Wildman–Crippen LogP) is 3.30. The monoisotopic (exact) mass is 305 g/mol. The van der Waals surface area contributed by atoms with Crippen LogP contribution in [0.2, 0.25) is 0 Å². The summed E-state index contributed by atoms with van der Waals surface area (Å²) in [4.78, 5) is 16.4. The summed E-state index contributed by atoms with van der Waals surface area (Å²) in [5.41, 5.74) is 2.34. The average Bonchev–Trinajstić information content (AvgIpc) is 3.27. The van der Waals surface area contributed by atoms with Gasteiger partial charge in [-0.3, -0.25) is 4.79 Å². The van der Waals surface area contributed by atoms with Crippen LogP contribution in [0, 0.1) is 0 Å². The molecule has 0 bridgehead atoms. The molecular weight excluding hydrogens is 290 g/mol. The summed E-state index contributed by atoms with van der Waals surface area (Å²) in [5, 5.41) is 6.97. The number of amides is 1. The van der Waals surface area contributed by atoms with E-state index in [-0.39, 0.29) is 5.91 Å². The number of hydrogen-bond donors (Lipinski definition) is 1. The molecule has 0 aliphatic heterocycles. The van der Waals surface area contributed by atoms with Gasteiger partial charge in [-0.05, 0) is 37.1 Å². The minimum absolute atomic E-state index is 0.0328. The molecule has 1 fully saturated rings. The third-order valence-corrected chi connectivity index (χ3v) is 3.76. The first-order valence-electron chi connectivity index (χ1n) is 7.60. The van der Waals surface area contributed by atoms with Gasteiger partial charge in [0.2, 0.25) is 5.82 Å². The van der Waals surface area contributed by atoms with Gasteiger partial charge in [-0.25, -0.2) is 0 Å². The van der Waals surface area contributed by atoms with Crippen molar-refractivity contribution in [1.29, 1.82) is 0 Å². The molecule has 5 nitrogen and oxygen atoms in total. The summed E-state index contributed by atoms with van der Waals surface area (Å²) in [7, 11) is 0. The van der Waals surface area contributed by atoms with Crippen LogP contribution in [0.25, 0.3) is 22.8 Å². The smallest absolute Gasteiger partial charge is 0.258 e. The third kappa shape index (κ3) is 2.99. The van der Waals surface area contributed by atoms with Crippen molar-refractivity contribution in [1.82, 2.24) is 15.5 Å². The Morgan fingerprint density at radius 2 is 1.74 bits per heavy atom. The fraction of sp³-hybridized carbons (Fsp3) is 0.167. The predicted molar refractivity (Wildman–Crippen MR) is 85.7 cm³/mol. The fourth-order valence-electron chi connectivity index (χ4n) is 2.31. The topological polar surface area (TPSA) is 68.0 Å². The van der Waals surface area contributed by atoms with Crippen molar-refractivity contribution < 1.29 is 9.32 Å². The lowest BCUT2D eigenvalue weighted by Gasteiger charge is -2.03. The molecule has 2 aromatic carbocycles. The Bertz CT molecular complexity index is 821. The van der Waals surface area contributed by atoms with Crippen LogP contribution in [0.15, 0.2) is 59.1 Å². The van der Waals surface area contributed by atoms with Crippen molar-refractivity contribution in [3.63, 3.8) is 0 Å². The van der Waals surface area contributed by atoms with Gasteiger partial charge in [0.05, 0.1) is 0 Å². The van der Waals surface area contributed by atoms with Crippen LogP contribution >= 0.6 is 0 Å². The van der Waals surface area contributed by atoms with E-state index in [4.69, 9.17) is 4.52 Å². The first-order chi connectivity index (χ1) is 11.3. The molecule has 1 heterocycles. The Morgan fingerprint density at radius 1 is 1.00 bits per heavy atom. The van der Waals surface area contributed by atoms with E-state index in [1.807, 2.05) is 42.5 Å². The maximum Gasteiger partial charge on any atom is 0.258 e. The molecule has 1 amide bonds. The molecule has 0 atom stereocenters. The second kappa shape index (κ2) is 5.68. The van der Waals surface area contributed by atoms with E-state index in [1.54, 1.807) is 12.1 Å². The van der Waals surface area contributed by atoms with Crippen molar-refractivity contribution >= 4 is 5.91 Å². The van der Waals surface area contributed by atoms with Gasteiger partial charge in [0, 0.05) is 22.7 Å². The van der Waals surface area contributed by atoms with Gasteiger partial charge in [0.1, 0.15) is 0 Å². The zero-order valence-electron chi connectivity index (χ0n) is 12.4. The van der Waals surface area contributed by atoms with Crippen molar-refractivity contribution in [2.45, 2.75) is 18.9 Å². The van der Waals surface area contributed by atoms with E-state index in [2.05, 4.69) is 15.5 Å². The molecule has 114 valence electrons. The van der Waals surface area contributed by atoms with Crippen molar-refractivity contribution in [2.24, 2.45) is 0 Å². The molecule has 0 unspecified atom stereocenters. The molecule has 3 aromatic rings. The lowest BCUT2D eigenvalue weighted by Crippen LogP contribution is -2.25. The molecule has 1 N–H and O–H groups in total. The first kappa shape index (κ1) is 13.7. The molecule has 23 heavy (non-hydrogen) atoms. The number of rotatable bonds is 4. The van der Waals surface area contributed by atoms with Gasteiger partial charge in [-0.1, -0.05) is 35.5 Å². The number of nitrogens with one attached hydrogen (secondary N) is 1. The zero-order valence-corrected chi connectivity index (χ0v) is 12.4. The highest BCUT2D eigenvalue weighted by Gasteiger charge is 2.23. The van der Waals surface area contributed by atoms with E-state index in [0.29, 0.717) is 23.3 Å². The Balaban J connectivity index is 1.54. The molecule has 0 spiro atoms.